The standard InChI is InChI=1S/C27H29ClN2O7/c1-5-36-26(32)22(27(33)37-6-2)23-25(31)30(16-18-9-13-20(35-4)14-10-18)21(24(28)29-23)15-17-7-11-19(34-3)12-8-17/h7-14,22H,5-6,15-16H2,1-4H3. The van der Waals surface area contributed by atoms with Gasteiger partial charge in [-0.3, -0.25) is 14.4 Å². The van der Waals surface area contributed by atoms with Crippen LogP contribution in [0.25, 0.3) is 0 Å². The molecule has 0 atom stereocenters. The van der Waals surface area contributed by atoms with Crippen molar-refractivity contribution in [1.29, 1.82) is 0 Å². The maximum atomic E-state index is 13.8. The Morgan fingerprint density at radius 3 is 1.81 bits per heavy atom. The summed E-state index contributed by atoms with van der Waals surface area (Å²) < 4.78 is 22.0. The van der Waals surface area contributed by atoms with Crippen molar-refractivity contribution in [2.24, 2.45) is 0 Å². The van der Waals surface area contributed by atoms with Crippen LogP contribution in [0.4, 0.5) is 0 Å². The van der Waals surface area contributed by atoms with Gasteiger partial charge in [0.05, 0.1) is 39.7 Å². The largest absolute Gasteiger partial charge is 0.497 e. The summed E-state index contributed by atoms with van der Waals surface area (Å²) >= 11 is 6.62. The van der Waals surface area contributed by atoms with Gasteiger partial charge in [0.25, 0.3) is 5.56 Å². The normalized spacial score (nSPS) is 10.8. The van der Waals surface area contributed by atoms with Crippen molar-refractivity contribution >= 4 is 23.5 Å². The molecule has 9 nitrogen and oxygen atoms in total. The zero-order chi connectivity index (χ0) is 26.9. The fourth-order valence-electron chi connectivity index (χ4n) is 3.73. The van der Waals surface area contributed by atoms with Gasteiger partial charge in [0.1, 0.15) is 22.3 Å². The number of ether oxygens (including phenoxy) is 4. The molecule has 0 aliphatic carbocycles. The summed E-state index contributed by atoms with van der Waals surface area (Å²) in [6.07, 6.45) is 0.269. The molecule has 3 aromatic rings. The summed E-state index contributed by atoms with van der Waals surface area (Å²) in [5.41, 5.74) is 1.05. The summed E-state index contributed by atoms with van der Waals surface area (Å²) in [7, 11) is 3.14. The molecule has 2 aromatic carbocycles. The fourth-order valence-corrected chi connectivity index (χ4v) is 3.99. The molecular weight excluding hydrogens is 500 g/mol. The van der Waals surface area contributed by atoms with Gasteiger partial charge in [-0.1, -0.05) is 35.9 Å². The summed E-state index contributed by atoms with van der Waals surface area (Å²) in [6.45, 7) is 3.33. The van der Waals surface area contributed by atoms with Crippen LogP contribution in [0.3, 0.4) is 0 Å². The van der Waals surface area contributed by atoms with E-state index in [1.165, 1.54) is 4.57 Å². The van der Waals surface area contributed by atoms with Crippen molar-refractivity contribution in [3.8, 4) is 11.5 Å². The quantitative estimate of drug-likeness (QED) is 0.273. The van der Waals surface area contributed by atoms with Gasteiger partial charge in [-0.25, -0.2) is 4.98 Å². The number of hydrogen-bond acceptors (Lipinski definition) is 8. The lowest BCUT2D eigenvalue weighted by molar-refractivity contribution is -0.157. The predicted octanol–water partition coefficient (Wildman–Crippen LogP) is 3.76. The highest BCUT2D eigenvalue weighted by atomic mass is 35.5. The Labute approximate surface area is 219 Å². The summed E-state index contributed by atoms with van der Waals surface area (Å²) in [5.74, 6) is -2.18. The van der Waals surface area contributed by atoms with Crippen LogP contribution < -0.4 is 15.0 Å². The molecule has 0 fully saturated rings. The van der Waals surface area contributed by atoms with Gasteiger partial charge in [0.2, 0.25) is 5.92 Å². The Morgan fingerprint density at radius 1 is 0.865 bits per heavy atom. The number of esters is 2. The molecule has 196 valence electrons. The van der Waals surface area contributed by atoms with E-state index in [-0.39, 0.29) is 37.0 Å². The number of hydrogen-bond donors (Lipinski definition) is 0. The molecule has 0 aliphatic rings. The number of nitrogens with zero attached hydrogens (tertiary/aromatic N) is 2. The number of carbonyl (C=O) groups excluding carboxylic acids is 2. The lowest BCUT2D eigenvalue weighted by atomic mass is 10.0. The van der Waals surface area contributed by atoms with Crippen LogP contribution in [-0.4, -0.2) is 48.9 Å². The van der Waals surface area contributed by atoms with Crippen LogP contribution in [0.15, 0.2) is 53.3 Å². The van der Waals surface area contributed by atoms with Gasteiger partial charge < -0.3 is 23.5 Å². The Kier molecular flexibility index (Phi) is 9.68. The minimum Gasteiger partial charge on any atom is -0.497 e. The average Bonchev–Trinajstić information content (AvgIpc) is 2.90. The number of benzene rings is 2. The first-order valence-corrected chi connectivity index (χ1v) is 12.1. The van der Waals surface area contributed by atoms with E-state index in [2.05, 4.69) is 4.98 Å². The minimum atomic E-state index is -1.66. The molecule has 10 heteroatoms. The minimum absolute atomic E-state index is 0.0120. The molecule has 0 bridgehead atoms. The van der Waals surface area contributed by atoms with Crippen LogP contribution in [0.2, 0.25) is 5.15 Å². The summed E-state index contributed by atoms with van der Waals surface area (Å²) in [6, 6.07) is 14.5. The molecule has 0 radical (unpaired) electrons. The number of rotatable bonds is 11. The molecule has 3 rings (SSSR count). The van der Waals surface area contributed by atoms with Crippen molar-refractivity contribution in [2.75, 3.05) is 27.4 Å². The third-order valence-corrected chi connectivity index (χ3v) is 5.90. The van der Waals surface area contributed by atoms with Crippen LogP contribution >= 0.6 is 11.6 Å². The Balaban J connectivity index is 2.16. The first-order valence-electron chi connectivity index (χ1n) is 11.7. The molecule has 37 heavy (non-hydrogen) atoms. The smallest absolute Gasteiger partial charge is 0.326 e. The Morgan fingerprint density at radius 2 is 1.35 bits per heavy atom. The van der Waals surface area contributed by atoms with E-state index in [1.54, 1.807) is 52.3 Å². The topological polar surface area (TPSA) is 106 Å². The lowest BCUT2D eigenvalue weighted by Gasteiger charge is -2.19. The van der Waals surface area contributed by atoms with Gasteiger partial charge in [0.15, 0.2) is 0 Å². The van der Waals surface area contributed by atoms with Crippen LogP contribution in [0.1, 0.15) is 42.3 Å². The molecule has 0 aliphatic heterocycles. The molecule has 1 aromatic heterocycles. The van der Waals surface area contributed by atoms with Gasteiger partial charge >= 0.3 is 11.9 Å². The fraction of sp³-hybridized carbons (Fsp3) is 0.333. The predicted molar refractivity (Wildman–Crippen MR) is 137 cm³/mol. The van der Waals surface area contributed by atoms with Crippen LogP contribution in [0, 0.1) is 0 Å². The second-order valence-corrected chi connectivity index (χ2v) is 8.29. The molecular formula is C27H29ClN2O7. The van der Waals surface area contributed by atoms with E-state index in [9.17, 15) is 14.4 Å². The number of halogens is 1. The maximum absolute atomic E-state index is 13.8. The zero-order valence-corrected chi connectivity index (χ0v) is 21.9. The van der Waals surface area contributed by atoms with Gasteiger partial charge in [-0.05, 0) is 49.2 Å². The lowest BCUT2D eigenvalue weighted by Crippen LogP contribution is -2.37. The molecule has 0 N–H and O–H groups in total. The number of carbonyl (C=O) groups is 2. The van der Waals surface area contributed by atoms with Crippen LogP contribution in [-0.2, 0) is 32.0 Å². The van der Waals surface area contributed by atoms with E-state index in [0.29, 0.717) is 17.2 Å². The summed E-state index contributed by atoms with van der Waals surface area (Å²) in [5, 5.41) is -0.0162. The highest BCUT2D eigenvalue weighted by molar-refractivity contribution is 6.30. The van der Waals surface area contributed by atoms with E-state index < -0.39 is 23.4 Å². The van der Waals surface area contributed by atoms with Gasteiger partial charge in [-0.2, -0.15) is 0 Å². The SMILES string of the molecule is CCOC(=O)C(C(=O)OCC)c1nc(Cl)c(Cc2ccc(OC)cc2)n(Cc2ccc(OC)cc2)c1=O. The maximum Gasteiger partial charge on any atom is 0.326 e. The second-order valence-electron chi connectivity index (χ2n) is 7.94. The third-order valence-electron chi connectivity index (χ3n) is 5.60. The highest BCUT2D eigenvalue weighted by Gasteiger charge is 2.37. The third kappa shape index (κ3) is 6.68. The Bertz CT molecular complexity index is 1270. The first-order chi connectivity index (χ1) is 17.8. The van der Waals surface area contributed by atoms with E-state index in [0.717, 1.165) is 11.1 Å². The second kappa shape index (κ2) is 12.9. The van der Waals surface area contributed by atoms with E-state index >= 15 is 0 Å². The van der Waals surface area contributed by atoms with Crippen LogP contribution in [0.5, 0.6) is 11.5 Å². The van der Waals surface area contributed by atoms with Gasteiger partial charge in [0, 0.05) is 6.42 Å². The van der Waals surface area contributed by atoms with Crippen molar-refractivity contribution in [2.45, 2.75) is 32.7 Å². The summed E-state index contributed by atoms with van der Waals surface area (Å²) in [4.78, 5) is 43.5. The molecule has 0 spiro atoms. The molecule has 0 saturated heterocycles. The zero-order valence-electron chi connectivity index (χ0n) is 21.2. The van der Waals surface area contributed by atoms with Crippen molar-refractivity contribution in [1.82, 2.24) is 9.55 Å². The monoisotopic (exact) mass is 528 g/mol. The van der Waals surface area contributed by atoms with E-state index in [1.807, 2.05) is 24.3 Å². The highest BCUT2D eigenvalue weighted by Crippen LogP contribution is 2.24. The number of methoxy groups -OCH3 is 2. The number of aromatic nitrogens is 2. The average molecular weight is 529 g/mol. The molecule has 0 unspecified atom stereocenters. The first kappa shape index (κ1) is 27.7. The Hall–Kier alpha value is -3.85. The van der Waals surface area contributed by atoms with Crippen molar-refractivity contribution in [3.05, 3.63) is 86.6 Å². The van der Waals surface area contributed by atoms with Crippen molar-refractivity contribution < 1.29 is 28.5 Å². The van der Waals surface area contributed by atoms with Gasteiger partial charge in [-0.15, -0.1) is 0 Å². The molecule has 0 saturated carbocycles. The van der Waals surface area contributed by atoms with E-state index in [4.69, 9.17) is 30.5 Å². The molecule has 1 heterocycles. The van der Waals surface area contributed by atoms with Crippen molar-refractivity contribution in [3.63, 3.8) is 0 Å². The molecule has 0 amide bonds.